The number of carboxylic acid groups (broad SMARTS) is 2. The van der Waals surface area contributed by atoms with Crippen molar-refractivity contribution in [1.82, 2.24) is 15.8 Å². The second-order valence-corrected chi connectivity index (χ2v) is 7.59. The summed E-state index contributed by atoms with van der Waals surface area (Å²) in [5.41, 5.74) is 15.6. The molecular weight excluding hydrogens is 519 g/mol. The number of alkyl halides is 6. The lowest BCUT2D eigenvalue weighted by Gasteiger charge is -2.29. The Balaban J connectivity index is 0.000000286. The molecule has 2 atom stereocenters. The smallest absolute Gasteiger partial charge is 0.475 e. The number of nitrogens with zero attached hydrogens (tertiary/aromatic N) is 2. The van der Waals surface area contributed by atoms with Gasteiger partial charge in [-0.2, -0.15) is 31.6 Å². The zero-order valence-electron chi connectivity index (χ0n) is 18.4. The summed E-state index contributed by atoms with van der Waals surface area (Å²) < 4.78 is 77.8. The van der Waals surface area contributed by atoms with E-state index in [0.29, 0.717) is 17.2 Å². The molecule has 2 aliphatic rings. The number of carboxylic acids is 2. The number of rotatable bonds is 1. The number of hydrazine groups is 1. The lowest BCUT2D eigenvalue weighted by atomic mass is 9.79. The fourth-order valence-corrected chi connectivity index (χ4v) is 3.70. The van der Waals surface area contributed by atoms with Crippen molar-refractivity contribution in [3.63, 3.8) is 0 Å². The van der Waals surface area contributed by atoms with Crippen LogP contribution in [0.4, 0.5) is 36.6 Å². The van der Waals surface area contributed by atoms with Crippen LogP contribution < -0.4 is 16.6 Å². The molecule has 1 aliphatic carbocycles. The van der Waals surface area contributed by atoms with Crippen molar-refractivity contribution in [2.24, 2.45) is 0 Å². The zero-order chi connectivity index (χ0) is 28.1. The van der Waals surface area contributed by atoms with Crippen LogP contribution in [0.3, 0.4) is 0 Å². The van der Waals surface area contributed by atoms with Gasteiger partial charge in [-0.25, -0.2) is 19.0 Å². The second-order valence-electron chi connectivity index (χ2n) is 7.59. The summed E-state index contributed by atoms with van der Waals surface area (Å²) in [6.45, 7) is 0.757. The van der Waals surface area contributed by atoms with Crippen molar-refractivity contribution in [3.05, 3.63) is 46.9 Å². The summed E-state index contributed by atoms with van der Waals surface area (Å²) in [5.74, 6) is -5.49. The fraction of sp³-hybridized carbons (Fsp3) is 0.333. The Labute approximate surface area is 203 Å². The minimum atomic E-state index is -5.08. The maximum absolute atomic E-state index is 14.4. The molecule has 9 nitrogen and oxygen atoms in total. The molecule has 2 aromatic rings. The predicted octanol–water partition coefficient (Wildman–Crippen LogP) is 3.11. The van der Waals surface area contributed by atoms with E-state index in [1.54, 1.807) is 18.2 Å². The zero-order valence-corrected chi connectivity index (χ0v) is 18.4. The summed E-state index contributed by atoms with van der Waals surface area (Å²) >= 11 is 0. The Morgan fingerprint density at radius 2 is 1.62 bits per heavy atom. The number of nitrogen functional groups attached to an aromatic ring is 1. The normalized spacial score (nSPS) is 18.1. The van der Waals surface area contributed by atoms with Crippen LogP contribution in [0, 0.1) is 17.1 Å². The molecular formula is C21H18F7N5O4. The second kappa shape index (κ2) is 11.4. The first-order chi connectivity index (χ1) is 17.1. The maximum Gasteiger partial charge on any atom is 0.490 e. The molecule has 1 aromatic carbocycles. The van der Waals surface area contributed by atoms with Crippen molar-refractivity contribution in [3.8, 4) is 17.2 Å². The molecule has 1 aliphatic heterocycles. The number of fused-ring (bicyclic) bond motifs is 3. The van der Waals surface area contributed by atoms with Crippen molar-refractivity contribution < 1.29 is 50.5 Å². The lowest BCUT2D eigenvalue weighted by molar-refractivity contribution is -0.193. The molecule has 1 saturated heterocycles. The molecule has 37 heavy (non-hydrogen) atoms. The third-order valence-electron chi connectivity index (χ3n) is 5.25. The van der Waals surface area contributed by atoms with Gasteiger partial charge in [0, 0.05) is 29.6 Å². The van der Waals surface area contributed by atoms with Crippen LogP contribution >= 0.6 is 0 Å². The van der Waals surface area contributed by atoms with E-state index in [1.165, 1.54) is 6.07 Å². The highest BCUT2D eigenvalue weighted by molar-refractivity contribution is 5.80. The Morgan fingerprint density at radius 1 is 1.08 bits per heavy atom. The van der Waals surface area contributed by atoms with Gasteiger partial charge in [0.1, 0.15) is 23.3 Å². The molecule has 0 saturated carbocycles. The summed E-state index contributed by atoms with van der Waals surface area (Å²) in [5, 5.41) is 23.8. The minimum absolute atomic E-state index is 0.178. The van der Waals surface area contributed by atoms with Crippen molar-refractivity contribution in [2.45, 2.75) is 37.2 Å². The predicted molar refractivity (Wildman–Crippen MR) is 112 cm³/mol. The molecule has 1 aromatic heterocycles. The van der Waals surface area contributed by atoms with E-state index < -0.39 is 24.3 Å². The van der Waals surface area contributed by atoms with Gasteiger partial charge in [0.05, 0.1) is 5.69 Å². The molecule has 0 spiro atoms. The first-order valence-corrected chi connectivity index (χ1v) is 10.1. The number of nitriles is 1. The average molecular weight is 537 g/mol. The van der Waals surface area contributed by atoms with Gasteiger partial charge in [-0.05, 0) is 24.5 Å². The number of hydrogen-bond acceptors (Lipinski definition) is 7. The number of aliphatic carboxylic acids is 2. The van der Waals surface area contributed by atoms with Crippen molar-refractivity contribution in [1.29, 1.82) is 5.26 Å². The minimum Gasteiger partial charge on any atom is -0.475 e. The quantitative estimate of drug-likeness (QED) is 0.344. The standard InChI is InChI=1S/C17H16FN5.2C2HF3O2/c18-13-4-2-1-3-9(13)15-10-5-6-14-12(8-21-23-14)16(10)22-17(20)11(15)7-19;2*3-2(4,5)1(6)7/h1-4,12,14,21,23H,5-6,8H2,(H2,20,22);2*(H,6,7). The van der Waals surface area contributed by atoms with Gasteiger partial charge < -0.3 is 15.9 Å². The molecule has 2 unspecified atom stereocenters. The van der Waals surface area contributed by atoms with E-state index in [4.69, 9.17) is 25.5 Å². The molecule has 0 radical (unpaired) electrons. The van der Waals surface area contributed by atoms with Gasteiger partial charge in [-0.15, -0.1) is 0 Å². The van der Waals surface area contributed by atoms with Gasteiger partial charge in [0.15, 0.2) is 0 Å². The van der Waals surface area contributed by atoms with Gasteiger partial charge in [0.2, 0.25) is 0 Å². The topological polar surface area (TPSA) is 161 Å². The van der Waals surface area contributed by atoms with Crippen LogP contribution in [0.2, 0.25) is 0 Å². The Hall–Kier alpha value is -3.97. The first-order valence-electron chi connectivity index (χ1n) is 10.1. The lowest BCUT2D eigenvalue weighted by Crippen LogP contribution is -2.34. The third kappa shape index (κ3) is 7.05. The highest BCUT2D eigenvalue weighted by Gasteiger charge is 2.39. The molecule has 2 heterocycles. The number of pyridine rings is 1. The number of benzene rings is 1. The number of nitrogens with two attached hydrogens (primary N) is 1. The SMILES string of the molecule is N#Cc1c(N)nc2c(c1-c1ccccc1F)CCC1NNCC21.O=C(O)C(F)(F)F.O=C(O)C(F)(F)F. The molecule has 0 bridgehead atoms. The van der Waals surface area contributed by atoms with Crippen molar-refractivity contribution >= 4 is 17.8 Å². The van der Waals surface area contributed by atoms with Crippen LogP contribution in [0.5, 0.6) is 0 Å². The number of anilines is 1. The van der Waals surface area contributed by atoms with E-state index in [1.807, 2.05) is 0 Å². The highest BCUT2D eigenvalue weighted by atomic mass is 19.4. The first kappa shape index (κ1) is 29.3. The van der Waals surface area contributed by atoms with E-state index in [-0.39, 0.29) is 23.1 Å². The summed E-state index contributed by atoms with van der Waals surface area (Å²) in [6.07, 6.45) is -8.50. The van der Waals surface area contributed by atoms with Crippen LogP contribution in [0.15, 0.2) is 24.3 Å². The number of hydrogen-bond donors (Lipinski definition) is 5. The van der Waals surface area contributed by atoms with Crippen LogP contribution in [0.25, 0.3) is 11.1 Å². The fourth-order valence-electron chi connectivity index (χ4n) is 3.70. The van der Waals surface area contributed by atoms with Crippen molar-refractivity contribution in [2.75, 3.05) is 12.3 Å². The highest BCUT2D eigenvalue weighted by Crippen LogP contribution is 2.41. The van der Waals surface area contributed by atoms with Gasteiger partial charge >= 0.3 is 24.3 Å². The van der Waals surface area contributed by atoms with E-state index >= 15 is 0 Å². The number of carbonyl (C=O) groups is 2. The average Bonchev–Trinajstić information content (AvgIpc) is 3.28. The third-order valence-corrected chi connectivity index (χ3v) is 5.25. The van der Waals surface area contributed by atoms with Crippen LogP contribution in [-0.4, -0.2) is 52.1 Å². The molecule has 16 heteroatoms. The number of nitrogens with one attached hydrogen (secondary N) is 2. The van der Waals surface area contributed by atoms with E-state index in [2.05, 4.69) is 21.9 Å². The maximum atomic E-state index is 14.4. The largest absolute Gasteiger partial charge is 0.490 e. The molecule has 0 amide bonds. The van der Waals surface area contributed by atoms with E-state index in [0.717, 1.165) is 30.6 Å². The molecule has 1 fully saturated rings. The molecule has 200 valence electrons. The Morgan fingerprint density at radius 3 is 2.11 bits per heavy atom. The van der Waals surface area contributed by atoms with Crippen LogP contribution in [0.1, 0.15) is 29.2 Å². The number of halogens is 7. The number of aromatic nitrogens is 1. The molecule has 6 N–H and O–H groups in total. The van der Waals surface area contributed by atoms with Gasteiger partial charge in [-0.3, -0.25) is 10.9 Å². The summed E-state index contributed by atoms with van der Waals surface area (Å²) in [7, 11) is 0. The van der Waals surface area contributed by atoms with Gasteiger partial charge in [-0.1, -0.05) is 18.2 Å². The summed E-state index contributed by atoms with van der Waals surface area (Å²) in [6, 6.07) is 8.93. The monoisotopic (exact) mass is 537 g/mol. The Kier molecular flexibility index (Phi) is 9.01. The Bertz CT molecular complexity index is 1190. The molecule has 4 rings (SSSR count). The van der Waals surface area contributed by atoms with E-state index in [9.17, 15) is 36.0 Å². The summed E-state index contributed by atoms with van der Waals surface area (Å²) in [4.78, 5) is 22.3. The van der Waals surface area contributed by atoms with Gasteiger partial charge in [0.25, 0.3) is 0 Å². The van der Waals surface area contributed by atoms with Crippen LogP contribution in [-0.2, 0) is 16.0 Å².